The Morgan fingerprint density at radius 2 is 2.33 bits per heavy atom. The van der Waals surface area contributed by atoms with Crippen molar-refractivity contribution in [1.82, 2.24) is 0 Å². The van der Waals surface area contributed by atoms with Gasteiger partial charge >= 0.3 is 0 Å². The zero-order chi connectivity index (χ0) is 7.02. The molecule has 0 saturated heterocycles. The molecule has 0 aromatic carbocycles. The van der Waals surface area contributed by atoms with E-state index in [1.54, 1.807) is 6.92 Å². The summed E-state index contributed by atoms with van der Waals surface area (Å²) in [4.78, 5) is 9.63. The zero-order valence-corrected chi connectivity index (χ0v) is 6.31. The van der Waals surface area contributed by atoms with Gasteiger partial charge in [-0.25, -0.2) is 0 Å². The van der Waals surface area contributed by atoms with Crippen molar-refractivity contribution >= 4 is 15.9 Å². The molecule has 1 aliphatic rings. The van der Waals surface area contributed by atoms with Gasteiger partial charge in [0.2, 0.25) is 0 Å². The normalized spacial score (nSPS) is 16.9. The van der Waals surface area contributed by atoms with Crippen LogP contribution in [0, 0.1) is 10.1 Å². The smallest absolute Gasteiger partial charge is 0.258 e. The molecule has 0 heterocycles. The van der Waals surface area contributed by atoms with Gasteiger partial charge in [0.05, 0.1) is 4.92 Å². The van der Waals surface area contributed by atoms with Crippen LogP contribution in [0.25, 0.3) is 0 Å². The van der Waals surface area contributed by atoms with Crippen LogP contribution < -0.4 is 0 Å². The minimum atomic E-state index is -0.389. The van der Waals surface area contributed by atoms with Crippen molar-refractivity contribution < 1.29 is 4.92 Å². The predicted molar refractivity (Wildman–Crippen MR) is 36.7 cm³/mol. The van der Waals surface area contributed by atoms with Crippen molar-refractivity contribution in [3.05, 3.63) is 31.9 Å². The third kappa shape index (κ3) is 0.896. The highest BCUT2D eigenvalue weighted by Crippen LogP contribution is 2.30. The van der Waals surface area contributed by atoms with Gasteiger partial charge in [-0.05, 0) is 6.92 Å². The maximum absolute atomic E-state index is 10.0. The fourth-order valence-electron chi connectivity index (χ4n) is 0.571. The van der Waals surface area contributed by atoms with E-state index in [9.17, 15) is 10.1 Å². The molecule has 4 heteroatoms. The molecule has 0 unspecified atom stereocenters. The molecule has 0 aromatic rings. The van der Waals surface area contributed by atoms with E-state index in [2.05, 4.69) is 15.9 Å². The minimum Gasteiger partial charge on any atom is -0.258 e. The zero-order valence-electron chi connectivity index (χ0n) is 4.72. The summed E-state index contributed by atoms with van der Waals surface area (Å²) < 4.78 is 0.828. The van der Waals surface area contributed by atoms with Crippen LogP contribution in [0.4, 0.5) is 0 Å². The van der Waals surface area contributed by atoms with Gasteiger partial charge in [0.15, 0.2) is 0 Å². The molecule has 1 aliphatic carbocycles. The van der Waals surface area contributed by atoms with E-state index >= 15 is 0 Å². The Labute approximate surface area is 60.3 Å². The lowest BCUT2D eigenvalue weighted by Crippen LogP contribution is -2.07. The predicted octanol–water partition coefficient (Wildman–Crippen LogP) is 1.83. The number of rotatable bonds is 1. The quantitative estimate of drug-likeness (QED) is 0.467. The molecule has 0 bridgehead atoms. The third-order valence-electron chi connectivity index (χ3n) is 1.20. The highest BCUT2D eigenvalue weighted by molar-refractivity contribution is 9.12. The topological polar surface area (TPSA) is 43.1 Å². The second-order valence-corrected chi connectivity index (χ2v) is 2.61. The Morgan fingerprint density at radius 1 is 1.78 bits per heavy atom. The highest BCUT2D eigenvalue weighted by atomic mass is 79.9. The van der Waals surface area contributed by atoms with Crippen LogP contribution in [0.15, 0.2) is 21.8 Å². The number of hydrogen-bond donors (Lipinski definition) is 0. The van der Waals surface area contributed by atoms with Crippen LogP contribution in [-0.2, 0) is 0 Å². The monoisotopic (exact) mass is 189 g/mol. The highest BCUT2D eigenvalue weighted by Gasteiger charge is 2.23. The van der Waals surface area contributed by atoms with Crippen LogP contribution in [-0.4, -0.2) is 4.92 Å². The number of halogens is 1. The Hall–Kier alpha value is -0.640. The molecule has 0 radical (unpaired) electrons. The van der Waals surface area contributed by atoms with E-state index in [1.165, 1.54) is 6.08 Å². The maximum Gasteiger partial charge on any atom is 0.274 e. The van der Waals surface area contributed by atoms with Crippen LogP contribution in [0.1, 0.15) is 6.92 Å². The van der Waals surface area contributed by atoms with Gasteiger partial charge < -0.3 is 0 Å². The first-order chi connectivity index (χ1) is 4.13. The molecule has 0 fully saturated rings. The first-order valence-electron chi connectivity index (χ1n) is 2.36. The maximum atomic E-state index is 10.0. The second kappa shape index (κ2) is 1.95. The van der Waals surface area contributed by atoms with E-state index in [4.69, 9.17) is 0 Å². The molecule has 0 aromatic heterocycles. The average molecular weight is 190 g/mol. The summed E-state index contributed by atoms with van der Waals surface area (Å²) in [6, 6.07) is 0. The summed E-state index contributed by atoms with van der Waals surface area (Å²) in [7, 11) is 0. The molecule has 0 amide bonds. The molecule has 0 saturated carbocycles. The number of hydrogen-bond acceptors (Lipinski definition) is 2. The first kappa shape index (κ1) is 6.48. The minimum absolute atomic E-state index is 0.210. The SMILES string of the molecule is CC1=C(Br)C=C1[N+](=O)[O-]. The Morgan fingerprint density at radius 3 is 2.44 bits per heavy atom. The molecule has 48 valence electrons. The molecule has 1 rings (SSSR count). The van der Waals surface area contributed by atoms with Crippen LogP contribution in [0.3, 0.4) is 0 Å². The molecular weight excluding hydrogens is 186 g/mol. The van der Waals surface area contributed by atoms with Gasteiger partial charge in [0.25, 0.3) is 5.70 Å². The lowest BCUT2D eigenvalue weighted by molar-refractivity contribution is -0.422. The largest absolute Gasteiger partial charge is 0.274 e. The van der Waals surface area contributed by atoms with Crippen molar-refractivity contribution in [2.45, 2.75) is 6.92 Å². The molecule has 0 spiro atoms. The molecule has 3 nitrogen and oxygen atoms in total. The Balaban J connectivity index is 2.75. The molecular formula is C5H4BrNO2. The van der Waals surface area contributed by atoms with E-state index in [0.717, 1.165) is 10.1 Å². The first-order valence-corrected chi connectivity index (χ1v) is 3.15. The summed E-state index contributed by atoms with van der Waals surface area (Å²) >= 11 is 3.13. The summed E-state index contributed by atoms with van der Waals surface area (Å²) in [6.45, 7) is 1.71. The molecule has 0 atom stereocenters. The fraction of sp³-hybridized carbons (Fsp3) is 0.200. The van der Waals surface area contributed by atoms with Gasteiger partial charge in [-0.2, -0.15) is 0 Å². The summed E-state index contributed by atoms with van der Waals surface area (Å²) in [5, 5.41) is 10.0. The summed E-state index contributed by atoms with van der Waals surface area (Å²) in [5.74, 6) is 0. The van der Waals surface area contributed by atoms with Crippen molar-refractivity contribution in [3.8, 4) is 0 Å². The van der Waals surface area contributed by atoms with E-state index in [-0.39, 0.29) is 10.6 Å². The molecule has 0 aliphatic heterocycles. The summed E-state index contributed by atoms with van der Waals surface area (Å²) in [5.41, 5.74) is 0.932. The van der Waals surface area contributed by atoms with E-state index in [0.29, 0.717) is 0 Å². The average Bonchev–Trinajstić information content (AvgIpc) is 1.81. The number of nitro groups is 1. The molecule has 0 N–H and O–H groups in total. The van der Waals surface area contributed by atoms with E-state index in [1.807, 2.05) is 0 Å². The Bertz CT molecular complexity index is 229. The van der Waals surface area contributed by atoms with Gasteiger partial charge in [-0.15, -0.1) is 0 Å². The van der Waals surface area contributed by atoms with Crippen molar-refractivity contribution in [1.29, 1.82) is 0 Å². The van der Waals surface area contributed by atoms with Gasteiger partial charge in [0.1, 0.15) is 0 Å². The third-order valence-corrected chi connectivity index (χ3v) is 2.03. The number of nitrogens with zero attached hydrogens (tertiary/aromatic N) is 1. The standard InChI is InChI=1S/C5H4BrNO2/c1-3-4(6)2-5(3)7(8)9/h2H,1H3. The fourth-order valence-corrected chi connectivity index (χ4v) is 0.991. The van der Waals surface area contributed by atoms with Crippen molar-refractivity contribution in [2.24, 2.45) is 0 Å². The molecule has 9 heavy (non-hydrogen) atoms. The van der Waals surface area contributed by atoms with Gasteiger partial charge in [-0.3, -0.25) is 10.1 Å². The van der Waals surface area contributed by atoms with Crippen molar-refractivity contribution in [2.75, 3.05) is 0 Å². The Kier molecular flexibility index (Phi) is 1.40. The lowest BCUT2D eigenvalue weighted by atomic mass is 10.1. The number of allylic oxidation sites excluding steroid dienone is 3. The summed E-state index contributed by atoms with van der Waals surface area (Å²) in [6.07, 6.45) is 1.50. The van der Waals surface area contributed by atoms with Crippen LogP contribution in [0.5, 0.6) is 0 Å². The van der Waals surface area contributed by atoms with Gasteiger partial charge in [0, 0.05) is 16.1 Å². The second-order valence-electron chi connectivity index (χ2n) is 1.76. The lowest BCUT2D eigenvalue weighted by Gasteiger charge is -2.07. The van der Waals surface area contributed by atoms with Crippen molar-refractivity contribution in [3.63, 3.8) is 0 Å². The van der Waals surface area contributed by atoms with E-state index < -0.39 is 0 Å². The van der Waals surface area contributed by atoms with Gasteiger partial charge in [-0.1, -0.05) is 15.9 Å². The van der Waals surface area contributed by atoms with Crippen LogP contribution >= 0.6 is 15.9 Å². The van der Waals surface area contributed by atoms with Crippen LogP contribution in [0.2, 0.25) is 0 Å².